The van der Waals surface area contributed by atoms with E-state index < -0.39 is 0 Å². The van der Waals surface area contributed by atoms with E-state index in [0.29, 0.717) is 37.4 Å². The summed E-state index contributed by atoms with van der Waals surface area (Å²) in [5.74, 6) is 0.842. The molecule has 0 bridgehead atoms. The van der Waals surface area contributed by atoms with Crippen LogP contribution in [-0.4, -0.2) is 48.8 Å². The second kappa shape index (κ2) is 7.89. The second-order valence-corrected chi connectivity index (χ2v) is 7.56. The molecule has 0 radical (unpaired) electrons. The quantitative estimate of drug-likeness (QED) is 0.807. The molecule has 1 saturated carbocycles. The Hall–Kier alpha value is -2.37. The Morgan fingerprint density at radius 2 is 1.77 bits per heavy atom. The van der Waals surface area contributed by atoms with Gasteiger partial charge in [-0.2, -0.15) is 0 Å². The maximum Gasteiger partial charge on any atom is 0.253 e. The molecule has 1 aromatic carbocycles. The summed E-state index contributed by atoms with van der Waals surface area (Å²) in [5, 5.41) is 5.68. The van der Waals surface area contributed by atoms with Crippen molar-refractivity contribution in [1.29, 1.82) is 0 Å². The van der Waals surface area contributed by atoms with Crippen molar-refractivity contribution in [2.24, 2.45) is 11.8 Å². The molecule has 2 fully saturated rings. The Morgan fingerprint density at radius 1 is 1.08 bits per heavy atom. The first-order valence-corrected chi connectivity index (χ1v) is 9.34. The molecular weight excluding hydrogens is 330 g/mol. The van der Waals surface area contributed by atoms with Crippen LogP contribution in [0.5, 0.6) is 0 Å². The summed E-state index contributed by atoms with van der Waals surface area (Å²) < 4.78 is 0. The van der Waals surface area contributed by atoms with E-state index in [1.54, 1.807) is 24.1 Å². The van der Waals surface area contributed by atoms with Crippen LogP contribution in [0.4, 0.5) is 0 Å². The molecule has 1 saturated heterocycles. The van der Waals surface area contributed by atoms with E-state index in [-0.39, 0.29) is 29.7 Å². The van der Waals surface area contributed by atoms with Crippen LogP contribution in [0.3, 0.4) is 0 Å². The summed E-state index contributed by atoms with van der Waals surface area (Å²) in [6.07, 6.45) is 3.24. The maximum absolute atomic E-state index is 12.7. The fraction of sp³-hybridized carbons (Fsp3) is 0.550. The third kappa shape index (κ3) is 4.62. The predicted octanol–water partition coefficient (Wildman–Crippen LogP) is 1.35. The number of nitrogens with one attached hydrogen (secondary N) is 2. The number of likely N-dealkylation sites (N-methyl/N-ethyl adjacent to an activating group) is 1. The van der Waals surface area contributed by atoms with Crippen LogP contribution in [0.2, 0.25) is 0 Å². The standard InChI is InChI=1S/C20H27N3O3/c1-13-11-23(12-17(13)22-19(25)10-14-3-4-14)20(26)16-7-5-15(6-8-16)9-18(24)21-2/h5-8,13-14,17H,3-4,9-12H2,1-2H3,(H,21,24)(H,22,25)/t13-,17+/m0/s1. The van der Waals surface area contributed by atoms with Crippen molar-refractivity contribution in [3.8, 4) is 0 Å². The summed E-state index contributed by atoms with van der Waals surface area (Å²) >= 11 is 0. The third-order valence-corrected chi connectivity index (χ3v) is 5.26. The van der Waals surface area contributed by atoms with Gasteiger partial charge in [0, 0.05) is 32.1 Å². The molecule has 26 heavy (non-hydrogen) atoms. The van der Waals surface area contributed by atoms with Gasteiger partial charge in [0.15, 0.2) is 0 Å². The number of carbonyl (C=O) groups is 3. The zero-order valence-corrected chi connectivity index (χ0v) is 15.5. The summed E-state index contributed by atoms with van der Waals surface area (Å²) in [6.45, 7) is 3.27. The number of rotatable bonds is 6. The summed E-state index contributed by atoms with van der Waals surface area (Å²) in [6, 6.07) is 7.19. The third-order valence-electron chi connectivity index (χ3n) is 5.26. The maximum atomic E-state index is 12.7. The number of hydrogen-bond donors (Lipinski definition) is 2. The van der Waals surface area contributed by atoms with E-state index in [1.807, 2.05) is 12.1 Å². The fourth-order valence-corrected chi connectivity index (χ4v) is 3.39. The largest absolute Gasteiger partial charge is 0.359 e. The number of nitrogens with zero attached hydrogens (tertiary/aromatic N) is 1. The van der Waals surface area contributed by atoms with Crippen LogP contribution < -0.4 is 10.6 Å². The van der Waals surface area contributed by atoms with E-state index in [1.165, 1.54) is 0 Å². The van der Waals surface area contributed by atoms with Crippen molar-refractivity contribution in [3.05, 3.63) is 35.4 Å². The molecule has 2 N–H and O–H groups in total. The molecule has 6 heteroatoms. The van der Waals surface area contributed by atoms with Gasteiger partial charge in [-0.05, 0) is 42.4 Å². The topological polar surface area (TPSA) is 78.5 Å². The lowest BCUT2D eigenvalue weighted by Gasteiger charge is -2.17. The van der Waals surface area contributed by atoms with Crippen molar-refractivity contribution in [2.45, 2.75) is 38.6 Å². The van der Waals surface area contributed by atoms with E-state index >= 15 is 0 Å². The van der Waals surface area contributed by atoms with Gasteiger partial charge in [0.1, 0.15) is 0 Å². The fourth-order valence-electron chi connectivity index (χ4n) is 3.39. The predicted molar refractivity (Wildman–Crippen MR) is 98.6 cm³/mol. The molecule has 0 aromatic heterocycles. The van der Waals surface area contributed by atoms with E-state index in [2.05, 4.69) is 17.6 Å². The molecule has 2 atom stereocenters. The number of amides is 3. The molecule has 0 unspecified atom stereocenters. The Morgan fingerprint density at radius 3 is 2.38 bits per heavy atom. The first kappa shape index (κ1) is 18.4. The number of likely N-dealkylation sites (tertiary alicyclic amines) is 1. The minimum atomic E-state index is -0.0535. The van der Waals surface area contributed by atoms with Gasteiger partial charge >= 0.3 is 0 Å². The average molecular weight is 357 g/mol. The monoisotopic (exact) mass is 357 g/mol. The highest BCUT2D eigenvalue weighted by Crippen LogP contribution is 2.32. The second-order valence-electron chi connectivity index (χ2n) is 7.56. The smallest absolute Gasteiger partial charge is 0.253 e. The van der Waals surface area contributed by atoms with Crippen LogP contribution in [0, 0.1) is 11.8 Å². The van der Waals surface area contributed by atoms with Crippen LogP contribution >= 0.6 is 0 Å². The van der Waals surface area contributed by atoms with Gasteiger partial charge in [0.05, 0.1) is 12.5 Å². The van der Waals surface area contributed by atoms with Crippen molar-refractivity contribution in [3.63, 3.8) is 0 Å². The van der Waals surface area contributed by atoms with Gasteiger partial charge in [-0.25, -0.2) is 0 Å². The molecule has 140 valence electrons. The highest BCUT2D eigenvalue weighted by molar-refractivity contribution is 5.94. The highest BCUT2D eigenvalue weighted by atomic mass is 16.2. The molecule has 2 aliphatic rings. The van der Waals surface area contributed by atoms with Gasteiger partial charge in [-0.3, -0.25) is 14.4 Å². The van der Waals surface area contributed by atoms with E-state index in [0.717, 1.165) is 18.4 Å². The van der Waals surface area contributed by atoms with Crippen molar-refractivity contribution >= 4 is 17.7 Å². The number of hydrogen-bond acceptors (Lipinski definition) is 3. The van der Waals surface area contributed by atoms with Crippen molar-refractivity contribution in [2.75, 3.05) is 20.1 Å². The van der Waals surface area contributed by atoms with Gasteiger partial charge in [0.2, 0.25) is 11.8 Å². The SMILES string of the molecule is CNC(=O)Cc1ccc(C(=O)N2C[C@H](C)[C@H](NC(=O)CC3CC3)C2)cc1. The molecule has 3 amide bonds. The van der Waals surface area contributed by atoms with Crippen molar-refractivity contribution < 1.29 is 14.4 Å². The molecular formula is C20H27N3O3. The minimum absolute atomic E-state index is 0.0257. The number of carbonyl (C=O) groups excluding carboxylic acids is 3. The molecule has 0 spiro atoms. The molecule has 3 rings (SSSR count). The molecule has 1 aliphatic heterocycles. The lowest BCUT2D eigenvalue weighted by atomic mass is 10.1. The zero-order valence-electron chi connectivity index (χ0n) is 15.5. The van der Waals surface area contributed by atoms with Gasteiger partial charge in [-0.1, -0.05) is 19.1 Å². The van der Waals surface area contributed by atoms with Crippen LogP contribution in [0.15, 0.2) is 24.3 Å². The lowest BCUT2D eigenvalue weighted by molar-refractivity contribution is -0.122. The van der Waals surface area contributed by atoms with Gasteiger partial charge < -0.3 is 15.5 Å². The molecule has 1 heterocycles. The average Bonchev–Trinajstić information content (AvgIpc) is 3.36. The van der Waals surface area contributed by atoms with Gasteiger partial charge in [-0.15, -0.1) is 0 Å². The summed E-state index contributed by atoms with van der Waals surface area (Å²) in [5.41, 5.74) is 1.49. The van der Waals surface area contributed by atoms with Crippen molar-refractivity contribution in [1.82, 2.24) is 15.5 Å². The Bertz CT molecular complexity index is 682. The molecule has 6 nitrogen and oxygen atoms in total. The first-order chi connectivity index (χ1) is 12.5. The Labute approximate surface area is 154 Å². The van der Waals surface area contributed by atoms with Gasteiger partial charge in [0.25, 0.3) is 5.91 Å². The van der Waals surface area contributed by atoms with E-state index in [9.17, 15) is 14.4 Å². The summed E-state index contributed by atoms with van der Waals surface area (Å²) in [7, 11) is 1.61. The summed E-state index contributed by atoms with van der Waals surface area (Å²) in [4.78, 5) is 38.0. The Kier molecular flexibility index (Phi) is 5.59. The minimum Gasteiger partial charge on any atom is -0.359 e. The Balaban J connectivity index is 1.55. The van der Waals surface area contributed by atoms with Crippen LogP contribution in [-0.2, 0) is 16.0 Å². The number of benzene rings is 1. The van der Waals surface area contributed by atoms with Crippen LogP contribution in [0.1, 0.15) is 42.1 Å². The first-order valence-electron chi connectivity index (χ1n) is 9.34. The molecule has 1 aliphatic carbocycles. The normalized spacial score (nSPS) is 22.2. The highest BCUT2D eigenvalue weighted by Gasteiger charge is 2.34. The van der Waals surface area contributed by atoms with Crippen LogP contribution in [0.25, 0.3) is 0 Å². The van der Waals surface area contributed by atoms with E-state index in [4.69, 9.17) is 0 Å². The molecule has 1 aromatic rings. The lowest BCUT2D eigenvalue weighted by Crippen LogP contribution is -2.40. The zero-order chi connectivity index (χ0) is 18.7.